The minimum Gasteiger partial charge on any atom is -0.337 e. The lowest BCUT2D eigenvalue weighted by molar-refractivity contribution is 0.738. The van der Waals surface area contributed by atoms with Crippen LogP contribution in [0.15, 0.2) is 36.7 Å². The van der Waals surface area contributed by atoms with Crippen LogP contribution < -0.4 is 5.73 Å². The highest BCUT2D eigenvalue weighted by atomic mass is 32.1. The van der Waals surface area contributed by atoms with Crippen LogP contribution in [0.3, 0.4) is 0 Å². The number of imidazole rings is 1. The lowest BCUT2D eigenvalue weighted by Crippen LogP contribution is -2.17. The molecule has 4 heteroatoms. The van der Waals surface area contributed by atoms with Gasteiger partial charge in [0.25, 0.3) is 0 Å². The Morgan fingerprint density at radius 2 is 2.06 bits per heavy atom. The smallest absolute Gasteiger partial charge is 0.181 e. The molecule has 1 heterocycles. The van der Waals surface area contributed by atoms with Crippen LogP contribution in [0.5, 0.6) is 0 Å². The Labute approximate surface area is 99.9 Å². The zero-order chi connectivity index (χ0) is 11.5. The van der Waals surface area contributed by atoms with Crippen molar-refractivity contribution < 1.29 is 0 Å². The van der Waals surface area contributed by atoms with E-state index in [-0.39, 0.29) is 6.04 Å². The molecule has 2 rings (SSSR count). The van der Waals surface area contributed by atoms with Gasteiger partial charge >= 0.3 is 0 Å². The van der Waals surface area contributed by atoms with E-state index < -0.39 is 0 Å². The summed E-state index contributed by atoms with van der Waals surface area (Å²) in [4.78, 5) is 2.97. The fraction of sp³-hybridized carbons (Fsp3) is 0.250. The van der Waals surface area contributed by atoms with Gasteiger partial charge in [0.1, 0.15) is 0 Å². The second-order valence-corrected chi connectivity index (χ2v) is 4.37. The van der Waals surface area contributed by atoms with Gasteiger partial charge in [-0.15, -0.1) is 0 Å². The van der Waals surface area contributed by atoms with Crippen LogP contribution in [0.1, 0.15) is 12.5 Å². The Kier molecular flexibility index (Phi) is 3.22. The van der Waals surface area contributed by atoms with Crippen molar-refractivity contribution in [3.63, 3.8) is 0 Å². The number of benzene rings is 1. The van der Waals surface area contributed by atoms with Gasteiger partial charge < -0.3 is 10.7 Å². The molecule has 0 amide bonds. The van der Waals surface area contributed by atoms with Crippen LogP contribution in [-0.2, 0) is 6.42 Å². The number of H-pyrrole nitrogens is 1. The summed E-state index contributed by atoms with van der Waals surface area (Å²) in [6.45, 7) is 2.01. The van der Waals surface area contributed by atoms with Crippen molar-refractivity contribution in [2.75, 3.05) is 0 Å². The highest BCUT2D eigenvalue weighted by Gasteiger charge is 2.00. The van der Waals surface area contributed by atoms with Gasteiger partial charge in [-0.25, -0.2) is 0 Å². The highest BCUT2D eigenvalue weighted by molar-refractivity contribution is 7.71. The van der Waals surface area contributed by atoms with E-state index in [4.69, 9.17) is 18.0 Å². The molecular formula is C12H15N3S. The number of aromatic nitrogens is 2. The lowest BCUT2D eigenvalue weighted by atomic mass is 10.1. The predicted molar refractivity (Wildman–Crippen MR) is 68.3 cm³/mol. The van der Waals surface area contributed by atoms with Gasteiger partial charge in [-0.1, -0.05) is 12.1 Å². The molecule has 3 N–H and O–H groups in total. The summed E-state index contributed by atoms with van der Waals surface area (Å²) in [6, 6.07) is 8.49. The van der Waals surface area contributed by atoms with E-state index in [2.05, 4.69) is 29.2 Å². The van der Waals surface area contributed by atoms with E-state index in [9.17, 15) is 0 Å². The first-order valence-corrected chi connectivity index (χ1v) is 5.68. The second kappa shape index (κ2) is 4.63. The summed E-state index contributed by atoms with van der Waals surface area (Å²) < 4.78 is 2.64. The standard InChI is InChI=1S/C12H15N3S/c1-9(13)8-10-2-4-11(5-3-10)15-7-6-14-12(15)16/h2-7,9H,8,13H2,1H3,(H,14,16). The molecule has 0 aliphatic heterocycles. The molecule has 0 spiro atoms. The topological polar surface area (TPSA) is 46.7 Å². The number of hydrogen-bond donors (Lipinski definition) is 2. The van der Waals surface area contributed by atoms with Gasteiger partial charge in [-0.05, 0) is 43.3 Å². The van der Waals surface area contributed by atoms with Gasteiger partial charge in [0, 0.05) is 24.1 Å². The molecule has 1 atom stereocenters. The fourth-order valence-corrected chi connectivity index (χ4v) is 1.92. The third kappa shape index (κ3) is 2.40. The van der Waals surface area contributed by atoms with Crippen LogP contribution in [0, 0.1) is 4.77 Å². The molecule has 84 valence electrons. The van der Waals surface area contributed by atoms with Crippen molar-refractivity contribution in [1.29, 1.82) is 0 Å². The molecule has 16 heavy (non-hydrogen) atoms. The summed E-state index contributed by atoms with van der Waals surface area (Å²) in [6.07, 6.45) is 4.65. The molecule has 0 saturated carbocycles. The zero-order valence-corrected chi connectivity index (χ0v) is 10.00. The van der Waals surface area contributed by atoms with Crippen LogP contribution >= 0.6 is 12.2 Å². The van der Waals surface area contributed by atoms with Gasteiger partial charge in [0.05, 0.1) is 0 Å². The third-order valence-electron chi connectivity index (χ3n) is 2.42. The maximum Gasteiger partial charge on any atom is 0.181 e. The van der Waals surface area contributed by atoms with Crippen molar-refractivity contribution in [3.8, 4) is 5.69 Å². The minimum absolute atomic E-state index is 0.195. The fourth-order valence-electron chi connectivity index (χ4n) is 1.69. The Balaban J connectivity index is 2.26. The molecular weight excluding hydrogens is 218 g/mol. The second-order valence-electron chi connectivity index (χ2n) is 3.98. The molecule has 0 saturated heterocycles. The molecule has 0 bridgehead atoms. The summed E-state index contributed by atoms with van der Waals surface area (Å²) >= 11 is 5.16. The zero-order valence-electron chi connectivity index (χ0n) is 9.18. The summed E-state index contributed by atoms with van der Waals surface area (Å²) in [5.41, 5.74) is 8.07. The average Bonchev–Trinajstić information content (AvgIpc) is 2.65. The SMILES string of the molecule is CC(N)Cc1ccc(-n2cc[nH]c2=S)cc1. The lowest BCUT2D eigenvalue weighted by Gasteiger charge is -2.07. The number of nitrogens with zero attached hydrogens (tertiary/aromatic N) is 1. The monoisotopic (exact) mass is 233 g/mol. The normalized spacial score (nSPS) is 12.6. The van der Waals surface area contributed by atoms with Gasteiger partial charge in [0.15, 0.2) is 4.77 Å². The highest BCUT2D eigenvalue weighted by Crippen LogP contribution is 2.11. The van der Waals surface area contributed by atoms with Gasteiger partial charge in [-0.3, -0.25) is 4.57 Å². The van der Waals surface area contributed by atoms with Crippen LogP contribution in [0.2, 0.25) is 0 Å². The Morgan fingerprint density at radius 3 is 2.56 bits per heavy atom. The average molecular weight is 233 g/mol. The summed E-state index contributed by atoms with van der Waals surface area (Å²) in [5, 5.41) is 0. The van der Waals surface area contributed by atoms with E-state index in [0.29, 0.717) is 4.77 Å². The first-order valence-electron chi connectivity index (χ1n) is 5.28. The van der Waals surface area contributed by atoms with Crippen molar-refractivity contribution in [2.24, 2.45) is 5.73 Å². The van der Waals surface area contributed by atoms with E-state index in [1.165, 1.54) is 5.56 Å². The van der Waals surface area contributed by atoms with Crippen LogP contribution in [0.4, 0.5) is 0 Å². The van der Waals surface area contributed by atoms with E-state index in [1.54, 1.807) is 0 Å². The quantitative estimate of drug-likeness (QED) is 0.800. The van der Waals surface area contributed by atoms with Crippen molar-refractivity contribution in [2.45, 2.75) is 19.4 Å². The Morgan fingerprint density at radius 1 is 1.38 bits per heavy atom. The molecule has 0 radical (unpaired) electrons. The third-order valence-corrected chi connectivity index (χ3v) is 2.74. The van der Waals surface area contributed by atoms with Gasteiger partial charge in [0.2, 0.25) is 0 Å². The first kappa shape index (κ1) is 11.1. The molecule has 0 aliphatic rings. The first-order chi connectivity index (χ1) is 7.66. The maximum absolute atomic E-state index is 5.75. The maximum atomic E-state index is 5.75. The molecule has 3 nitrogen and oxygen atoms in total. The predicted octanol–water partition coefficient (Wildman–Crippen LogP) is 2.42. The van der Waals surface area contributed by atoms with Crippen molar-refractivity contribution >= 4 is 12.2 Å². The molecule has 1 aromatic heterocycles. The Hall–Kier alpha value is -1.39. The minimum atomic E-state index is 0.195. The number of hydrogen-bond acceptors (Lipinski definition) is 2. The van der Waals surface area contributed by atoms with E-state index >= 15 is 0 Å². The van der Waals surface area contributed by atoms with E-state index in [0.717, 1.165) is 12.1 Å². The largest absolute Gasteiger partial charge is 0.337 e. The van der Waals surface area contributed by atoms with Gasteiger partial charge in [-0.2, -0.15) is 0 Å². The number of aromatic amines is 1. The van der Waals surface area contributed by atoms with Crippen LogP contribution in [0.25, 0.3) is 5.69 Å². The summed E-state index contributed by atoms with van der Waals surface area (Å²) in [5.74, 6) is 0. The molecule has 0 aliphatic carbocycles. The summed E-state index contributed by atoms with van der Waals surface area (Å²) in [7, 11) is 0. The number of nitrogens with two attached hydrogens (primary N) is 1. The molecule has 2 aromatic rings. The number of nitrogens with one attached hydrogen (secondary N) is 1. The van der Waals surface area contributed by atoms with Crippen LogP contribution in [-0.4, -0.2) is 15.6 Å². The van der Waals surface area contributed by atoms with Crippen molar-refractivity contribution in [1.82, 2.24) is 9.55 Å². The number of rotatable bonds is 3. The molecule has 1 unspecified atom stereocenters. The van der Waals surface area contributed by atoms with E-state index in [1.807, 2.05) is 23.9 Å². The molecule has 0 fully saturated rings. The Bertz CT molecular complexity index is 508. The molecule has 1 aromatic carbocycles. The van der Waals surface area contributed by atoms with Crippen molar-refractivity contribution in [3.05, 3.63) is 47.0 Å².